The molecular weight excluding hydrogens is 280 g/mol. The third-order valence-corrected chi connectivity index (χ3v) is 3.42. The van der Waals surface area contributed by atoms with Crippen molar-refractivity contribution in [1.29, 1.82) is 0 Å². The molecule has 20 heavy (non-hydrogen) atoms. The highest BCUT2D eigenvalue weighted by molar-refractivity contribution is 6.34. The molecular formula is C14H11ClN2O3. The van der Waals surface area contributed by atoms with Crippen molar-refractivity contribution in [2.75, 3.05) is 0 Å². The molecule has 0 aliphatic heterocycles. The van der Waals surface area contributed by atoms with Crippen LogP contribution in [0.3, 0.4) is 0 Å². The molecule has 0 atom stereocenters. The Morgan fingerprint density at radius 3 is 2.50 bits per heavy atom. The molecule has 0 amide bonds. The SMILES string of the molecule is OCc1cc(O)ccc1-n1nc2ccc(O)cc2c1Cl. The Kier molecular flexibility index (Phi) is 3.00. The lowest BCUT2D eigenvalue weighted by molar-refractivity contribution is 0.280. The highest BCUT2D eigenvalue weighted by atomic mass is 35.5. The summed E-state index contributed by atoms with van der Waals surface area (Å²) in [5.74, 6) is 0.162. The van der Waals surface area contributed by atoms with E-state index < -0.39 is 0 Å². The first-order valence-corrected chi connectivity index (χ1v) is 6.28. The summed E-state index contributed by atoms with van der Waals surface area (Å²) in [6.07, 6.45) is 0. The zero-order valence-corrected chi connectivity index (χ0v) is 11.0. The predicted molar refractivity (Wildman–Crippen MR) is 75.3 cm³/mol. The van der Waals surface area contributed by atoms with Crippen LogP contribution in [-0.2, 0) is 6.61 Å². The molecule has 1 heterocycles. The zero-order chi connectivity index (χ0) is 14.3. The van der Waals surface area contributed by atoms with Crippen LogP contribution in [0.25, 0.3) is 16.6 Å². The van der Waals surface area contributed by atoms with Gasteiger partial charge in [0.15, 0.2) is 0 Å². The minimum atomic E-state index is -0.248. The quantitative estimate of drug-likeness (QED) is 0.678. The smallest absolute Gasteiger partial charge is 0.140 e. The van der Waals surface area contributed by atoms with E-state index in [4.69, 9.17) is 11.6 Å². The van der Waals surface area contributed by atoms with Crippen LogP contribution in [0.1, 0.15) is 5.56 Å². The Morgan fingerprint density at radius 2 is 1.75 bits per heavy atom. The van der Waals surface area contributed by atoms with Gasteiger partial charge in [-0.05, 0) is 36.4 Å². The third kappa shape index (κ3) is 1.97. The highest BCUT2D eigenvalue weighted by Crippen LogP contribution is 2.30. The molecule has 0 aliphatic carbocycles. The van der Waals surface area contributed by atoms with Crippen LogP contribution in [0, 0.1) is 0 Å². The van der Waals surface area contributed by atoms with Gasteiger partial charge in [0.25, 0.3) is 0 Å². The second kappa shape index (κ2) is 4.70. The third-order valence-electron chi connectivity index (χ3n) is 3.06. The molecule has 0 aliphatic rings. The topological polar surface area (TPSA) is 78.5 Å². The van der Waals surface area contributed by atoms with Gasteiger partial charge >= 0.3 is 0 Å². The maximum Gasteiger partial charge on any atom is 0.140 e. The van der Waals surface area contributed by atoms with Gasteiger partial charge in [0, 0.05) is 10.9 Å². The maximum absolute atomic E-state index is 9.50. The number of aromatic nitrogens is 2. The normalized spacial score (nSPS) is 11.1. The fourth-order valence-electron chi connectivity index (χ4n) is 2.11. The molecule has 3 aromatic rings. The average Bonchev–Trinajstić information content (AvgIpc) is 2.76. The molecule has 0 radical (unpaired) electrons. The van der Waals surface area contributed by atoms with Gasteiger partial charge in [0.05, 0.1) is 17.8 Å². The van der Waals surface area contributed by atoms with E-state index in [9.17, 15) is 15.3 Å². The number of halogens is 1. The molecule has 6 heteroatoms. The van der Waals surface area contributed by atoms with Crippen molar-refractivity contribution in [2.45, 2.75) is 6.61 Å². The van der Waals surface area contributed by atoms with Gasteiger partial charge in [-0.3, -0.25) is 0 Å². The molecule has 0 saturated heterocycles. The van der Waals surface area contributed by atoms with Crippen LogP contribution in [0.5, 0.6) is 11.5 Å². The number of aliphatic hydroxyl groups is 1. The lowest BCUT2D eigenvalue weighted by Gasteiger charge is -2.08. The number of phenolic OH excluding ortho intramolecular Hbond substituents is 2. The number of phenols is 2. The first-order chi connectivity index (χ1) is 9.60. The first-order valence-electron chi connectivity index (χ1n) is 5.90. The van der Waals surface area contributed by atoms with E-state index in [0.29, 0.717) is 27.3 Å². The second-order valence-electron chi connectivity index (χ2n) is 4.38. The summed E-state index contributed by atoms with van der Waals surface area (Å²) < 4.78 is 1.47. The summed E-state index contributed by atoms with van der Waals surface area (Å²) in [5.41, 5.74) is 1.71. The van der Waals surface area contributed by atoms with Crippen molar-refractivity contribution in [3.05, 3.63) is 47.1 Å². The van der Waals surface area contributed by atoms with Crippen LogP contribution in [0.15, 0.2) is 36.4 Å². The molecule has 0 unspecified atom stereocenters. The van der Waals surface area contributed by atoms with Crippen molar-refractivity contribution >= 4 is 22.5 Å². The van der Waals surface area contributed by atoms with Gasteiger partial charge in [0.1, 0.15) is 16.7 Å². The van der Waals surface area contributed by atoms with Gasteiger partial charge in [-0.2, -0.15) is 5.10 Å². The van der Waals surface area contributed by atoms with Crippen molar-refractivity contribution in [1.82, 2.24) is 9.78 Å². The van der Waals surface area contributed by atoms with E-state index in [1.54, 1.807) is 12.1 Å². The Morgan fingerprint density at radius 1 is 1.05 bits per heavy atom. The average molecular weight is 291 g/mol. The zero-order valence-electron chi connectivity index (χ0n) is 10.3. The van der Waals surface area contributed by atoms with Crippen molar-refractivity contribution < 1.29 is 15.3 Å². The van der Waals surface area contributed by atoms with Crippen LogP contribution in [0.2, 0.25) is 5.15 Å². The number of rotatable bonds is 2. The van der Waals surface area contributed by atoms with E-state index in [1.165, 1.54) is 28.9 Å². The lowest BCUT2D eigenvalue weighted by atomic mass is 10.2. The number of aromatic hydroxyl groups is 2. The molecule has 1 aromatic heterocycles. The highest BCUT2D eigenvalue weighted by Gasteiger charge is 2.14. The van der Waals surface area contributed by atoms with Gasteiger partial charge in [-0.15, -0.1) is 0 Å². The van der Waals surface area contributed by atoms with Crippen LogP contribution < -0.4 is 0 Å². The summed E-state index contributed by atoms with van der Waals surface area (Å²) in [4.78, 5) is 0. The van der Waals surface area contributed by atoms with Crippen molar-refractivity contribution in [3.63, 3.8) is 0 Å². The maximum atomic E-state index is 9.50. The Balaban J connectivity index is 2.27. The largest absolute Gasteiger partial charge is 0.508 e. The second-order valence-corrected chi connectivity index (χ2v) is 4.73. The van der Waals surface area contributed by atoms with Gasteiger partial charge < -0.3 is 15.3 Å². The number of hydrogen-bond acceptors (Lipinski definition) is 4. The van der Waals surface area contributed by atoms with Crippen LogP contribution >= 0.6 is 11.6 Å². The Hall–Kier alpha value is -2.24. The summed E-state index contributed by atoms with van der Waals surface area (Å²) in [6.45, 7) is -0.248. The van der Waals surface area contributed by atoms with E-state index in [-0.39, 0.29) is 18.1 Å². The van der Waals surface area contributed by atoms with E-state index in [0.717, 1.165) is 0 Å². The molecule has 2 aromatic carbocycles. The number of hydrogen-bond donors (Lipinski definition) is 3. The monoisotopic (exact) mass is 290 g/mol. The molecule has 0 bridgehead atoms. The van der Waals surface area contributed by atoms with Crippen LogP contribution in [0.4, 0.5) is 0 Å². The summed E-state index contributed by atoms with van der Waals surface area (Å²) in [6, 6.07) is 9.29. The number of nitrogens with zero attached hydrogens (tertiary/aromatic N) is 2. The van der Waals surface area contributed by atoms with E-state index in [2.05, 4.69) is 5.10 Å². The fraction of sp³-hybridized carbons (Fsp3) is 0.0714. The molecule has 0 fully saturated rings. The minimum Gasteiger partial charge on any atom is -0.508 e. The standard InChI is InChI=1S/C14H11ClN2O3/c15-14-11-6-10(20)1-3-12(11)16-17(14)13-4-2-9(19)5-8(13)7-18/h1-6,18-20H,7H2. The summed E-state index contributed by atoms with van der Waals surface area (Å²) in [5, 5.41) is 33.6. The predicted octanol–water partition coefficient (Wildman–Crippen LogP) is 2.58. The number of fused-ring (bicyclic) bond motifs is 1. The molecule has 0 spiro atoms. The number of aliphatic hydroxyl groups excluding tert-OH is 1. The minimum absolute atomic E-state index is 0.0586. The van der Waals surface area contributed by atoms with E-state index in [1.807, 2.05) is 0 Å². The van der Waals surface area contributed by atoms with Crippen molar-refractivity contribution in [2.24, 2.45) is 0 Å². The van der Waals surface area contributed by atoms with Gasteiger partial charge in [-0.25, -0.2) is 4.68 Å². The Bertz CT molecular complexity index is 798. The summed E-state index contributed by atoms with van der Waals surface area (Å²) >= 11 is 6.28. The summed E-state index contributed by atoms with van der Waals surface area (Å²) in [7, 11) is 0. The molecule has 0 saturated carbocycles. The molecule has 102 valence electrons. The van der Waals surface area contributed by atoms with Crippen LogP contribution in [-0.4, -0.2) is 25.1 Å². The lowest BCUT2D eigenvalue weighted by Crippen LogP contribution is -2.01. The van der Waals surface area contributed by atoms with Crippen molar-refractivity contribution in [3.8, 4) is 17.2 Å². The first kappa shape index (κ1) is 12.8. The number of benzene rings is 2. The van der Waals surface area contributed by atoms with Gasteiger partial charge in [-0.1, -0.05) is 11.6 Å². The molecule has 3 N–H and O–H groups in total. The molecule has 5 nitrogen and oxygen atoms in total. The van der Waals surface area contributed by atoms with E-state index >= 15 is 0 Å². The molecule has 3 rings (SSSR count). The van der Waals surface area contributed by atoms with Gasteiger partial charge in [0.2, 0.25) is 0 Å². The Labute approximate surface area is 119 Å². The fourth-order valence-corrected chi connectivity index (χ4v) is 2.39.